The zero-order valence-electron chi connectivity index (χ0n) is 16.7. The number of para-hydroxylation sites is 1. The number of phenolic OH excluding ortho intramolecular Hbond substituents is 1. The lowest BCUT2D eigenvalue weighted by molar-refractivity contribution is -0.385. The number of hydrogen-bond acceptors (Lipinski definition) is 6. The van der Waals surface area contributed by atoms with Gasteiger partial charge < -0.3 is 9.52 Å². The molecule has 1 aromatic heterocycles. The quantitative estimate of drug-likeness (QED) is 0.234. The number of nitrogens with zero attached hydrogens (tertiary/aromatic N) is 3. The number of oxazole rings is 1. The molecule has 0 amide bonds. The number of nitro groups is 1. The highest BCUT2D eigenvalue weighted by Gasteiger charge is 2.13. The summed E-state index contributed by atoms with van der Waals surface area (Å²) in [6, 6.07) is 17.2. The smallest absolute Gasteiger partial charge is 0.276 e. The Morgan fingerprint density at radius 1 is 1.16 bits per heavy atom. The average Bonchev–Trinajstić information content (AvgIpc) is 3.20. The number of allylic oxidation sites excluding steroid dienone is 1. The van der Waals surface area contributed by atoms with E-state index in [9.17, 15) is 15.2 Å². The van der Waals surface area contributed by atoms with Gasteiger partial charge in [-0.25, -0.2) is 4.98 Å². The summed E-state index contributed by atoms with van der Waals surface area (Å²) in [5.74, 6) is 0.352. The third-order valence-corrected chi connectivity index (χ3v) is 4.79. The van der Waals surface area contributed by atoms with E-state index in [-0.39, 0.29) is 11.4 Å². The van der Waals surface area contributed by atoms with Gasteiger partial charge in [-0.3, -0.25) is 15.1 Å². The van der Waals surface area contributed by atoms with Crippen LogP contribution in [0.2, 0.25) is 0 Å². The molecule has 0 aliphatic heterocycles. The minimum atomic E-state index is -0.424. The van der Waals surface area contributed by atoms with Crippen LogP contribution >= 0.6 is 0 Å². The van der Waals surface area contributed by atoms with Gasteiger partial charge in [0, 0.05) is 12.3 Å². The molecular formula is C24H19N3O4. The monoisotopic (exact) mass is 413 g/mol. The molecule has 0 aliphatic rings. The number of aromatic hydroxyl groups is 1. The van der Waals surface area contributed by atoms with Crippen molar-refractivity contribution >= 4 is 34.8 Å². The van der Waals surface area contributed by atoms with Crippen LogP contribution in [0.1, 0.15) is 18.1 Å². The molecule has 1 N–H and O–H groups in total. The van der Waals surface area contributed by atoms with Crippen LogP contribution in [0.3, 0.4) is 0 Å². The highest BCUT2D eigenvalue weighted by Crippen LogP contribution is 2.34. The van der Waals surface area contributed by atoms with E-state index in [1.165, 1.54) is 18.3 Å². The molecule has 7 heteroatoms. The van der Waals surface area contributed by atoms with E-state index in [4.69, 9.17) is 4.42 Å². The first kappa shape index (κ1) is 20.0. The number of benzene rings is 3. The number of aryl methyl sites for hydroxylation is 1. The molecule has 0 saturated heterocycles. The van der Waals surface area contributed by atoms with Gasteiger partial charge in [-0.2, -0.15) is 0 Å². The molecule has 0 fully saturated rings. The molecule has 4 aromatic rings. The molecular weight excluding hydrogens is 394 g/mol. The Labute approximate surface area is 178 Å². The van der Waals surface area contributed by atoms with Gasteiger partial charge in [0.05, 0.1) is 21.7 Å². The minimum Gasteiger partial charge on any atom is -0.507 e. The zero-order chi connectivity index (χ0) is 21.8. The second kappa shape index (κ2) is 8.62. The van der Waals surface area contributed by atoms with E-state index in [1.54, 1.807) is 42.5 Å². The van der Waals surface area contributed by atoms with Crippen LogP contribution in [-0.2, 0) is 6.42 Å². The van der Waals surface area contributed by atoms with Crippen molar-refractivity contribution < 1.29 is 14.4 Å². The van der Waals surface area contributed by atoms with E-state index in [0.717, 1.165) is 17.5 Å². The lowest BCUT2D eigenvalue weighted by atomic mass is 10.1. The summed E-state index contributed by atoms with van der Waals surface area (Å²) in [5, 5.41) is 21.4. The number of fused-ring (bicyclic) bond motifs is 1. The van der Waals surface area contributed by atoms with E-state index in [2.05, 4.69) is 16.9 Å². The fourth-order valence-electron chi connectivity index (χ4n) is 3.15. The summed E-state index contributed by atoms with van der Waals surface area (Å²) in [6.45, 7) is 2.07. The van der Waals surface area contributed by atoms with Crippen molar-refractivity contribution in [2.75, 3.05) is 0 Å². The Bertz CT molecular complexity index is 1320. The summed E-state index contributed by atoms with van der Waals surface area (Å²) in [5.41, 5.74) is 4.07. The van der Waals surface area contributed by atoms with Gasteiger partial charge >= 0.3 is 0 Å². The molecule has 0 radical (unpaired) electrons. The predicted molar refractivity (Wildman–Crippen MR) is 121 cm³/mol. The van der Waals surface area contributed by atoms with Crippen molar-refractivity contribution in [3.8, 4) is 17.2 Å². The molecule has 4 rings (SSSR count). The number of aliphatic imine (C=N–C) groups is 1. The first-order chi connectivity index (χ1) is 15.0. The van der Waals surface area contributed by atoms with Crippen LogP contribution in [0.5, 0.6) is 5.75 Å². The van der Waals surface area contributed by atoms with Crippen LogP contribution in [0, 0.1) is 10.1 Å². The molecule has 0 spiro atoms. The standard InChI is InChI=1S/C24H19N3O4/c1-2-16-9-12-23-20(14-16)26-24(31-23)19-15-18(10-11-22(19)28)25-13-5-7-17-6-3-4-8-21(17)27(29)30/h3-15,28H,2H2,1H3. The molecule has 0 bridgehead atoms. The Morgan fingerprint density at radius 3 is 2.81 bits per heavy atom. The van der Waals surface area contributed by atoms with Gasteiger partial charge in [-0.1, -0.05) is 25.1 Å². The summed E-state index contributed by atoms with van der Waals surface area (Å²) in [4.78, 5) is 19.5. The predicted octanol–water partition coefficient (Wildman–Crippen LogP) is 6.09. The van der Waals surface area contributed by atoms with Crippen LogP contribution in [0.4, 0.5) is 11.4 Å². The van der Waals surface area contributed by atoms with E-state index in [0.29, 0.717) is 28.3 Å². The number of nitro benzene ring substituents is 1. The largest absolute Gasteiger partial charge is 0.507 e. The maximum atomic E-state index is 11.1. The van der Waals surface area contributed by atoms with Gasteiger partial charge in [0.25, 0.3) is 5.69 Å². The van der Waals surface area contributed by atoms with Crippen molar-refractivity contribution in [2.45, 2.75) is 13.3 Å². The highest BCUT2D eigenvalue weighted by molar-refractivity contribution is 5.83. The zero-order valence-corrected chi connectivity index (χ0v) is 16.7. The molecule has 0 unspecified atom stereocenters. The van der Waals surface area contributed by atoms with Crippen LogP contribution in [0.25, 0.3) is 28.6 Å². The molecule has 3 aromatic carbocycles. The molecule has 1 heterocycles. The SMILES string of the molecule is CCc1ccc2oc(-c3cc(N=CC=Cc4ccccc4[N+](=O)[O-])ccc3O)nc2c1. The molecule has 154 valence electrons. The second-order valence-electron chi connectivity index (χ2n) is 6.83. The third kappa shape index (κ3) is 4.35. The number of phenols is 1. The van der Waals surface area contributed by atoms with Crippen molar-refractivity contribution in [3.63, 3.8) is 0 Å². The van der Waals surface area contributed by atoms with Crippen LogP contribution in [0.15, 0.2) is 76.1 Å². The summed E-state index contributed by atoms with van der Waals surface area (Å²) < 4.78 is 5.81. The Hall–Kier alpha value is -4.26. The van der Waals surface area contributed by atoms with Gasteiger partial charge in [0.1, 0.15) is 11.3 Å². The summed E-state index contributed by atoms with van der Waals surface area (Å²) in [7, 11) is 0. The number of hydrogen-bond donors (Lipinski definition) is 1. The van der Waals surface area contributed by atoms with Crippen molar-refractivity contribution in [2.24, 2.45) is 4.99 Å². The molecule has 7 nitrogen and oxygen atoms in total. The minimum absolute atomic E-state index is 0.0289. The third-order valence-electron chi connectivity index (χ3n) is 4.79. The molecule has 0 atom stereocenters. The second-order valence-corrected chi connectivity index (χ2v) is 6.83. The fraction of sp³-hybridized carbons (Fsp3) is 0.0833. The van der Waals surface area contributed by atoms with E-state index < -0.39 is 4.92 Å². The van der Waals surface area contributed by atoms with Gasteiger partial charge in [-0.15, -0.1) is 0 Å². The summed E-state index contributed by atoms with van der Waals surface area (Å²) in [6.07, 6.45) is 5.68. The van der Waals surface area contributed by atoms with Gasteiger partial charge in [0.15, 0.2) is 5.58 Å². The van der Waals surface area contributed by atoms with E-state index >= 15 is 0 Å². The average molecular weight is 413 g/mol. The molecule has 31 heavy (non-hydrogen) atoms. The maximum absolute atomic E-state index is 11.1. The van der Waals surface area contributed by atoms with Crippen molar-refractivity contribution in [1.29, 1.82) is 0 Å². The number of aromatic nitrogens is 1. The van der Waals surface area contributed by atoms with Crippen LogP contribution < -0.4 is 0 Å². The van der Waals surface area contributed by atoms with Crippen molar-refractivity contribution in [3.05, 3.63) is 88.0 Å². The first-order valence-corrected chi connectivity index (χ1v) is 9.72. The highest BCUT2D eigenvalue weighted by atomic mass is 16.6. The lowest BCUT2D eigenvalue weighted by Gasteiger charge is -2.01. The topological polar surface area (TPSA) is 102 Å². The van der Waals surface area contributed by atoms with Gasteiger partial charge in [0.2, 0.25) is 5.89 Å². The Kier molecular flexibility index (Phi) is 5.57. The Balaban J connectivity index is 1.59. The van der Waals surface area contributed by atoms with E-state index in [1.807, 2.05) is 18.2 Å². The summed E-state index contributed by atoms with van der Waals surface area (Å²) >= 11 is 0. The fourth-order valence-corrected chi connectivity index (χ4v) is 3.15. The Morgan fingerprint density at radius 2 is 2.00 bits per heavy atom. The first-order valence-electron chi connectivity index (χ1n) is 9.72. The van der Waals surface area contributed by atoms with Crippen molar-refractivity contribution in [1.82, 2.24) is 4.98 Å². The normalized spacial score (nSPS) is 11.6. The van der Waals surface area contributed by atoms with Gasteiger partial charge in [-0.05, 0) is 60.5 Å². The maximum Gasteiger partial charge on any atom is 0.276 e. The number of rotatable bonds is 6. The molecule has 0 aliphatic carbocycles. The van der Waals surface area contributed by atoms with Crippen LogP contribution in [-0.4, -0.2) is 21.2 Å². The lowest BCUT2D eigenvalue weighted by Crippen LogP contribution is -1.90. The molecule has 0 saturated carbocycles.